The summed E-state index contributed by atoms with van der Waals surface area (Å²) in [5.41, 5.74) is 1.89. The molecule has 3 rings (SSSR count). The van der Waals surface area contributed by atoms with Crippen molar-refractivity contribution < 1.29 is 18.3 Å². The smallest absolute Gasteiger partial charge is 0.277 e. The van der Waals surface area contributed by atoms with Crippen LogP contribution in [0.5, 0.6) is 5.75 Å². The van der Waals surface area contributed by atoms with Crippen LogP contribution in [0.25, 0.3) is 11.5 Å². The summed E-state index contributed by atoms with van der Waals surface area (Å²) in [4.78, 5) is 12.1. The Morgan fingerprint density at radius 1 is 1.27 bits per heavy atom. The number of carbonyl (C=O) groups is 1. The molecule has 6 nitrogen and oxygen atoms in total. The molecular formula is C18H16FN3O3S. The Morgan fingerprint density at radius 2 is 2.08 bits per heavy atom. The molecule has 1 heterocycles. The molecule has 0 atom stereocenters. The van der Waals surface area contributed by atoms with Crippen LogP contribution in [0, 0.1) is 12.7 Å². The maximum absolute atomic E-state index is 13.3. The molecule has 8 heteroatoms. The topological polar surface area (TPSA) is 77.2 Å². The van der Waals surface area contributed by atoms with Gasteiger partial charge in [0.15, 0.2) is 0 Å². The van der Waals surface area contributed by atoms with Crippen LogP contribution in [0.3, 0.4) is 0 Å². The summed E-state index contributed by atoms with van der Waals surface area (Å²) in [5.74, 6) is 0.291. The van der Waals surface area contributed by atoms with Crippen molar-refractivity contribution in [2.45, 2.75) is 12.1 Å². The number of ether oxygens (including phenoxy) is 1. The van der Waals surface area contributed by atoms with E-state index in [9.17, 15) is 9.18 Å². The lowest BCUT2D eigenvalue weighted by Gasteiger charge is -2.07. The Bertz CT molecular complexity index is 930. The average Bonchev–Trinajstić information content (AvgIpc) is 3.12. The first-order chi connectivity index (χ1) is 12.6. The summed E-state index contributed by atoms with van der Waals surface area (Å²) >= 11 is 1.10. The van der Waals surface area contributed by atoms with Crippen molar-refractivity contribution in [3.8, 4) is 17.2 Å². The lowest BCUT2D eigenvalue weighted by Crippen LogP contribution is -2.15. The van der Waals surface area contributed by atoms with Gasteiger partial charge in [-0.1, -0.05) is 30.0 Å². The molecule has 0 fully saturated rings. The van der Waals surface area contributed by atoms with E-state index in [2.05, 4.69) is 15.5 Å². The third-order valence-corrected chi connectivity index (χ3v) is 4.36. The monoisotopic (exact) mass is 373 g/mol. The number of nitrogens with one attached hydrogen (secondary N) is 1. The van der Waals surface area contributed by atoms with Crippen LogP contribution < -0.4 is 10.1 Å². The SMILES string of the molecule is COc1ccccc1-c1nnc(SCC(=O)Nc2cc(F)ccc2C)o1. The minimum Gasteiger partial charge on any atom is -0.496 e. The van der Waals surface area contributed by atoms with Crippen LogP contribution in [0.15, 0.2) is 52.1 Å². The minimum absolute atomic E-state index is 0.0590. The van der Waals surface area contributed by atoms with Crippen molar-refractivity contribution in [2.75, 3.05) is 18.2 Å². The molecule has 0 saturated carbocycles. The molecule has 1 amide bonds. The number of hydrogen-bond acceptors (Lipinski definition) is 6. The highest BCUT2D eigenvalue weighted by atomic mass is 32.2. The number of benzene rings is 2. The average molecular weight is 373 g/mol. The van der Waals surface area contributed by atoms with Crippen molar-refractivity contribution in [1.29, 1.82) is 0 Å². The standard InChI is InChI=1S/C18H16FN3O3S/c1-11-7-8-12(19)9-14(11)20-16(23)10-26-18-22-21-17(25-18)13-5-3-4-6-15(13)24-2/h3-9H,10H2,1-2H3,(H,20,23). The number of para-hydroxylation sites is 1. The second kappa shape index (κ2) is 8.01. The molecule has 0 aliphatic rings. The van der Waals surface area contributed by atoms with E-state index in [1.54, 1.807) is 32.2 Å². The molecule has 0 aliphatic carbocycles. The van der Waals surface area contributed by atoms with E-state index in [0.29, 0.717) is 22.9 Å². The van der Waals surface area contributed by atoms with Gasteiger partial charge in [0.1, 0.15) is 11.6 Å². The Kier molecular flexibility index (Phi) is 5.52. The molecule has 3 aromatic rings. The lowest BCUT2D eigenvalue weighted by atomic mass is 10.2. The predicted molar refractivity (Wildman–Crippen MR) is 96.8 cm³/mol. The highest BCUT2D eigenvalue weighted by Crippen LogP contribution is 2.30. The third kappa shape index (κ3) is 4.20. The second-order valence-electron chi connectivity index (χ2n) is 5.37. The van der Waals surface area contributed by atoms with Crippen molar-refractivity contribution in [2.24, 2.45) is 0 Å². The summed E-state index contributed by atoms with van der Waals surface area (Å²) in [7, 11) is 1.56. The lowest BCUT2D eigenvalue weighted by molar-refractivity contribution is -0.113. The quantitative estimate of drug-likeness (QED) is 0.660. The van der Waals surface area contributed by atoms with Crippen molar-refractivity contribution in [1.82, 2.24) is 10.2 Å². The summed E-state index contributed by atoms with van der Waals surface area (Å²) in [6, 6.07) is 11.5. The second-order valence-corrected chi connectivity index (χ2v) is 6.30. The van der Waals surface area contributed by atoms with E-state index in [1.165, 1.54) is 12.1 Å². The number of thioether (sulfide) groups is 1. The molecular weight excluding hydrogens is 357 g/mol. The van der Waals surface area contributed by atoms with Gasteiger partial charge in [-0.05, 0) is 36.8 Å². The number of aromatic nitrogens is 2. The fourth-order valence-corrected chi connectivity index (χ4v) is 2.80. The van der Waals surface area contributed by atoms with Crippen LogP contribution in [0.1, 0.15) is 5.56 Å². The molecule has 26 heavy (non-hydrogen) atoms. The Hall–Kier alpha value is -2.87. The zero-order valence-corrected chi connectivity index (χ0v) is 15.0. The molecule has 0 radical (unpaired) electrons. The van der Waals surface area contributed by atoms with Gasteiger partial charge in [-0.15, -0.1) is 10.2 Å². The zero-order valence-electron chi connectivity index (χ0n) is 14.2. The number of rotatable bonds is 6. The zero-order chi connectivity index (χ0) is 18.5. The molecule has 134 valence electrons. The van der Waals surface area contributed by atoms with E-state index in [4.69, 9.17) is 9.15 Å². The van der Waals surface area contributed by atoms with Gasteiger partial charge in [-0.25, -0.2) is 4.39 Å². The Balaban J connectivity index is 1.63. The highest BCUT2D eigenvalue weighted by Gasteiger charge is 2.14. The molecule has 0 bridgehead atoms. The van der Waals surface area contributed by atoms with Crippen LogP contribution in [0.2, 0.25) is 0 Å². The number of halogens is 1. The van der Waals surface area contributed by atoms with Crippen LogP contribution in [-0.4, -0.2) is 29.0 Å². The van der Waals surface area contributed by atoms with Gasteiger partial charge >= 0.3 is 0 Å². The van der Waals surface area contributed by atoms with Gasteiger partial charge in [0, 0.05) is 5.69 Å². The number of nitrogens with zero attached hydrogens (tertiary/aromatic N) is 2. The number of aryl methyl sites for hydroxylation is 1. The molecule has 0 spiro atoms. The molecule has 1 aromatic heterocycles. The highest BCUT2D eigenvalue weighted by molar-refractivity contribution is 7.99. The number of amides is 1. The predicted octanol–water partition coefficient (Wildman–Crippen LogP) is 3.92. The number of carbonyl (C=O) groups excluding carboxylic acids is 1. The largest absolute Gasteiger partial charge is 0.496 e. The first-order valence-electron chi connectivity index (χ1n) is 7.72. The van der Waals surface area contributed by atoms with Gasteiger partial charge in [-0.3, -0.25) is 4.79 Å². The van der Waals surface area contributed by atoms with Crippen molar-refractivity contribution >= 4 is 23.4 Å². The van der Waals surface area contributed by atoms with Gasteiger partial charge in [0.25, 0.3) is 11.1 Å². The number of anilines is 1. The summed E-state index contributed by atoms with van der Waals surface area (Å²) in [6.07, 6.45) is 0. The maximum atomic E-state index is 13.3. The fourth-order valence-electron chi connectivity index (χ4n) is 2.24. The molecule has 2 aromatic carbocycles. The van der Waals surface area contributed by atoms with Crippen LogP contribution >= 0.6 is 11.8 Å². The first kappa shape index (κ1) is 17.9. The Morgan fingerprint density at radius 3 is 2.88 bits per heavy atom. The number of hydrogen-bond donors (Lipinski definition) is 1. The summed E-state index contributed by atoms with van der Waals surface area (Å²) < 4.78 is 24.1. The molecule has 0 unspecified atom stereocenters. The molecule has 1 N–H and O–H groups in total. The minimum atomic E-state index is -0.406. The van der Waals surface area contributed by atoms with Crippen LogP contribution in [-0.2, 0) is 4.79 Å². The number of methoxy groups -OCH3 is 1. The normalized spacial score (nSPS) is 10.6. The third-order valence-electron chi connectivity index (χ3n) is 3.54. The van der Waals surface area contributed by atoms with E-state index < -0.39 is 5.82 Å². The summed E-state index contributed by atoms with van der Waals surface area (Å²) in [5, 5.41) is 10.8. The van der Waals surface area contributed by atoms with E-state index in [0.717, 1.165) is 17.3 Å². The maximum Gasteiger partial charge on any atom is 0.277 e. The van der Waals surface area contributed by atoms with Gasteiger partial charge in [0.2, 0.25) is 5.91 Å². The van der Waals surface area contributed by atoms with E-state index >= 15 is 0 Å². The Labute approximate surface area is 153 Å². The van der Waals surface area contributed by atoms with Gasteiger partial charge < -0.3 is 14.5 Å². The fraction of sp³-hybridized carbons (Fsp3) is 0.167. The van der Waals surface area contributed by atoms with Crippen molar-refractivity contribution in [3.63, 3.8) is 0 Å². The molecule has 0 saturated heterocycles. The van der Waals surface area contributed by atoms with Crippen molar-refractivity contribution in [3.05, 3.63) is 53.8 Å². The first-order valence-corrected chi connectivity index (χ1v) is 8.71. The van der Waals surface area contributed by atoms with E-state index in [1.807, 2.05) is 12.1 Å². The van der Waals surface area contributed by atoms with E-state index in [-0.39, 0.29) is 16.9 Å². The van der Waals surface area contributed by atoms with Gasteiger partial charge in [-0.2, -0.15) is 0 Å². The van der Waals surface area contributed by atoms with Crippen LogP contribution in [0.4, 0.5) is 10.1 Å². The van der Waals surface area contributed by atoms with Gasteiger partial charge in [0.05, 0.1) is 18.4 Å². The molecule has 0 aliphatic heterocycles. The summed E-state index contributed by atoms with van der Waals surface area (Å²) in [6.45, 7) is 1.79.